The van der Waals surface area contributed by atoms with Gasteiger partial charge in [0.25, 0.3) is 0 Å². The van der Waals surface area contributed by atoms with E-state index in [4.69, 9.17) is 5.73 Å². The molecule has 3 N–H and O–H groups in total. The van der Waals surface area contributed by atoms with Gasteiger partial charge in [-0.3, -0.25) is 9.69 Å². The maximum absolute atomic E-state index is 11.8. The molecule has 1 aromatic rings. The maximum atomic E-state index is 11.8. The smallest absolute Gasteiger partial charge is 0.238 e. The zero-order valence-electron chi connectivity index (χ0n) is 10.7. The molecule has 0 aliphatic rings. The van der Waals surface area contributed by atoms with Crippen LogP contribution in [0.5, 0.6) is 0 Å². The predicted octanol–water partition coefficient (Wildman–Crippen LogP) is 1.21. The summed E-state index contributed by atoms with van der Waals surface area (Å²) in [5.41, 5.74) is 7.48. The van der Waals surface area contributed by atoms with Crippen LogP contribution < -0.4 is 11.1 Å². The fourth-order valence-corrected chi connectivity index (χ4v) is 1.47. The SMILES string of the molecule is Cc1ccccc1NC(=O)CN(C)C(C)CN. The molecule has 1 aromatic carbocycles. The summed E-state index contributed by atoms with van der Waals surface area (Å²) in [5.74, 6) is -0.0119. The van der Waals surface area contributed by atoms with Crippen LogP contribution in [0.3, 0.4) is 0 Å². The Labute approximate surface area is 103 Å². The number of nitrogens with two attached hydrogens (primary N) is 1. The second-order valence-corrected chi connectivity index (χ2v) is 4.36. The first kappa shape index (κ1) is 13.7. The van der Waals surface area contributed by atoms with E-state index >= 15 is 0 Å². The molecule has 1 unspecified atom stereocenters. The lowest BCUT2D eigenvalue weighted by Crippen LogP contribution is -2.40. The van der Waals surface area contributed by atoms with Crippen molar-refractivity contribution in [3.05, 3.63) is 29.8 Å². The number of hydrogen-bond acceptors (Lipinski definition) is 3. The number of rotatable bonds is 5. The lowest BCUT2D eigenvalue weighted by atomic mass is 10.2. The minimum absolute atomic E-state index is 0.0119. The third-order valence-corrected chi connectivity index (χ3v) is 2.91. The number of likely N-dealkylation sites (N-methyl/N-ethyl adjacent to an activating group) is 1. The molecule has 0 aliphatic carbocycles. The van der Waals surface area contributed by atoms with E-state index in [0.29, 0.717) is 13.1 Å². The van der Waals surface area contributed by atoms with Gasteiger partial charge in [-0.25, -0.2) is 0 Å². The van der Waals surface area contributed by atoms with Gasteiger partial charge in [-0.15, -0.1) is 0 Å². The van der Waals surface area contributed by atoms with Crippen LogP contribution in [0.4, 0.5) is 5.69 Å². The van der Waals surface area contributed by atoms with Gasteiger partial charge in [0.2, 0.25) is 5.91 Å². The summed E-state index contributed by atoms with van der Waals surface area (Å²) in [6.07, 6.45) is 0. The van der Waals surface area contributed by atoms with Crippen molar-refractivity contribution in [1.29, 1.82) is 0 Å². The van der Waals surface area contributed by atoms with Gasteiger partial charge in [-0.1, -0.05) is 18.2 Å². The Morgan fingerprint density at radius 1 is 1.47 bits per heavy atom. The molecule has 0 spiro atoms. The van der Waals surface area contributed by atoms with Crippen LogP contribution in [-0.2, 0) is 4.79 Å². The summed E-state index contributed by atoms with van der Waals surface area (Å²) in [6.45, 7) is 4.88. The van der Waals surface area contributed by atoms with Gasteiger partial charge < -0.3 is 11.1 Å². The molecule has 0 saturated heterocycles. The average Bonchev–Trinajstić information content (AvgIpc) is 2.31. The molecule has 17 heavy (non-hydrogen) atoms. The quantitative estimate of drug-likeness (QED) is 0.806. The normalized spacial score (nSPS) is 12.5. The molecule has 1 atom stereocenters. The predicted molar refractivity (Wildman–Crippen MR) is 71.0 cm³/mol. The van der Waals surface area contributed by atoms with E-state index in [-0.39, 0.29) is 11.9 Å². The Morgan fingerprint density at radius 3 is 2.71 bits per heavy atom. The van der Waals surface area contributed by atoms with Crippen molar-refractivity contribution >= 4 is 11.6 Å². The Hall–Kier alpha value is -1.39. The first-order valence-corrected chi connectivity index (χ1v) is 5.80. The highest BCUT2D eigenvalue weighted by Crippen LogP contribution is 2.12. The molecule has 0 bridgehead atoms. The summed E-state index contributed by atoms with van der Waals surface area (Å²) in [6, 6.07) is 7.95. The van der Waals surface area contributed by atoms with Crippen molar-refractivity contribution in [2.24, 2.45) is 5.73 Å². The molecule has 4 heteroatoms. The summed E-state index contributed by atoms with van der Waals surface area (Å²) in [4.78, 5) is 13.7. The molecule has 0 aliphatic heterocycles. The van der Waals surface area contributed by atoms with Crippen molar-refractivity contribution in [3.63, 3.8) is 0 Å². The van der Waals surface area contributed by atoms with E-state index in [1.807, 2.05) is 50.1 Å². The van der Waals surface area contributed by atoms with Crippen molar-refractivity contribution < 1.29 is 4.79 Å². The zero-order chi connectivity index (χ0) is 12.8. The fourth-order valence-electron chi connectivity index (χ4n) is 1.47. The van der Waals surface area contributed by atoms with Crippen LogP contribution in [-0.4, -0.2) is 37.0 Å². The maximum Gasteiger partial charge on any atom is 0.238 e. The molecule has 0 aromatic heterocycles. The molecule has 0 fully saturated rings. The van der Waals surface area contributed by atoms with Crippen LogP contribution in [0.25, 0.3) is 0 Å². The molecular weight excluding hydrogens is 214 g/mol. The third-order valence-electron chi connectivity index (χ3n) is 2.91. The van der Waals surface area contributed by atoms with Crippen LogP contribution in [0.1, 0.15) is 12.5 Å². The van der Waals surface area contributed by atoms with E-state index in [0.717, 1.165) is 11.3 Å². The van der Waals surface area contributed by atoms with Gasteiger partial charge in [0.15, 0.2) is 0 Å². The number of aryl methyl sites for hydroxylation is 1. The lowest BCUT2D eigenvalue weighted by molar-refractivity contribution is -0.117. The zero-order valence-corrected chi connectivity index (χ0v) is 10.7. The molecular formula is C13H21N3O. The van der Waals surface area contributed by atoms with Crippen LogP contribution in [0.2, 0.25) is 0 Å². The number of amides is 1. The number of carbonyl (C=O) groups excluding carboxylic acids is 1. The van der Waals surface area contributed by atoms with E-state index in [2.05, 4.69) is 5.32 Å². The largest absolute Gasteiger partial charge is 0.329 e. The highest BCUT2D eigenvalue weighted by molar-refractivity contribution is 5.92. The van der Waals surface area contributed by atoms with Gasteiger partial charge in [-0.2, -0.15) is 0 Å². The van der Waals surface area contributed by atoms with Gasteiger partial charge in [0, 0.05) is 18.3 Å². The molecule has 1 amide bonds. The Morgan fingerprint density at radius 2 is 2.12 bits per heavy atom. The number of nitrogens with one attached hydrogen (secondary N) is 1. The van der Waals surface area contributed by atoms with Gasteiger partial charge >= 0.3 is 0 Å². The Bertz CT molecular complexity index is 379. The number of anilines is 1. The van der Waals surface area contributed by atoms with Crippen molar-refractivity contribution in [1.82, 2.24) is 4.90 Å². The van der Waals surface area contributed by atoms with Gasteiger partial charge in [-0.05, 0) is 32.5 Å². The van der Waals surface area contributed by atoms with E-state index in [9.17, 15) is 4.79 Å². The standard InChI is InChI=1S/C13H21N3O/c1-10-6-4-5-7-12(10)15-13(17)9-16(3)11(2)8-14/h4-7,11H,8-9,14H2,1-3H3,(H,15,17). The molecule has 1 rings (SSSR count). The highest BCUT2D eigenvalue weighted by Gasteiger charge is 2.12. The Kier molecular flexibility index (Phi) is 5.12. The monoisotopic (exact) mass is 235 g/mol. The number of carbonyl (C=O) groups is 1. The van der Waals surface area contributed by atoms with Crippen LogP contribution in [0, 0.1) is 6.92 Å². The summed E-state index contributed by atoms with van der Waals surface area (Å²) in [7, 11) is 1.90. The number of nitrogens with zero attached hydrogens (tertiary/aromatic N) is 1. The summed E-state index contributed by atoms with van der Waals surface area (Å²) in [5, 5.41) is 2.90. The van der Waals surface area contributed by atoms with E-state index in [1.54, 1.807) is 0 Å². The summed E-state index contributed by atoms with van der Waals surface area (Å²) >= 11 is 0. The first-order valence-electron chi connectivity index (χ1n) is 5.80. The van der Waals surface area contributed by atoms with Gasteiger partial charge in [0.05, 0.1) is 6.54 Å². The Balaban J connectivity index is 2.53. The molecule has 4 nitrogen and oxygen atoms in total. The minimum atomic E-state index is -0.0119. The topological polar surface area (TPSA) is 58.4 Å². The molecule has 94 valence electrons. The van der Waals surface area contributed by atoms with Crippen molar-refractivity contribution in [3.8, 4) is 0 Å². The molecule has 0 radical (unpaired) electrons. The van der Waals surface area contributed by atoms with Crippen molar-refractivity contribution in [2.75, 3.05) is 25.5 Å². The first-order chi connectivity index (χ1) is 8.04. The molecule has 0 saturated carbocycles. The molecule has 0 heterocycles. The number of benzene rings is 1. The average molecular weight is 235 g/mol. The summed E-state index contributed by atoms with van der Waals surface area (Å²) < 4.78 is 0. The van der Waals surface area contributed by atoms with Crippen LogP contribution >= 0.6 is 0 Å². The van der Waals surface area contributed by atoms with E-state index in [1.165, 1.54) is 0 Å². The number of para-hydroxylation sites is 1. The van der Waals surface area contributed by atoms with Crippen LogP contribution in [0.15, 0.2) is 24.3 Å². The fraction of sp³-hybridized carbons (Fsp3) is 0.462. The second-order valence-electron chi connectivity index (χ2n) is 4.36. The van der Waals surface area contributed by atoms with E-state index < -0.39 is 0 Å². The third kappa shape index (κ3) is 4.17. The van der Waals surface area contributed by atoms with Gasteiger partial charge in [0.1, 0.15) is 0 Å². The number of hydrogen-bond donors (Lipinski definition) is 2. The highest BCUT2D eigenvalue weighted by atomic mass is 16.2. The lowest BCUT2D eigenvalue weighted by Gasteiger charge is -2.22. The second kappa shape index (κ2) is 6.37. The van der Waals surface area contributed by atoms with Crippen molar-refractivity contribution in [2.45, 2.75) is 19.9 Å². The minimum Gasteiger partial charge on any atom is -0.329 e.